The molecule has 0 fully saturated rings. The molecule has 0 spiro atoms. The van der Waals surface area contributed by atoms with Crippen molar-refractivity contribution < 1.29 is 33.6 Å². The van der Waals surface area contributed by atoms with Gasteiger partial charge in [0.2, 0.25) is 0 Å². The third-order valence-electron chi connectivity index (χ3n) is 4.55. The number of ether oxygens (including phenoxy) is 4. The summed E-state index contributed by atoms with van der Waals surface area (Å²) in [5.74, 6) is -1.63. The number of hydrogen-bond donors (Lipinski definition) is 1. The first kappa shape index (κ1) is 25.2. The lowest BCUT2D eigenvalue weighted by Gasteiger charge is -2.23. The Labute approximate surface area is 189 Å². The summed E-state index contributed by atoms with van der Waals surface area (Å²) in [6.07, 6.45) is -2.39. The van der Waals surface area contributed by atoms with E-state index in [1.165, 1.54) is 7.11 Å². The van der Waals surface area contributed by atoms with Gasteiger partial charge < -0.3 is 24.1 Å². The average Bonchev–Trinajstić information content (AvgIpc) is 2.75. The Balaban J connectivity index is 2.19. The normalized spacial score (nSPS) is 12.9. The fraction of sp³-hybridized carbons (Fsp3) is 0.440. The predicted octanol–water partition coefficient (Wildman–Crippen LogP) is 3.70. The molecule has 7 nitrogen and oxygen atoms in total. The minimum atomic E-state index is -1.65. The number of carbonyl (C=O) groups is 2. The van der Waals surface area contributed by atoms with Crippen molar-refractivity contribution in [3.63, 3.8) is 0 Å². The van der Waals surface area contributed by atoms with E-state index in [1.54, 1.807) is 45.9 Å². The van der Waals surface area contributed by atoms with Gasteiger partial charge in [-0.1, -0.05) is 36.4 Å². The van der Waals surface area contributed by atoms with Crippen LogP contribution in [-0.2, 0) is 32.1 Å². The Hall–Kier alpha value is -3.06. The maximum atomic E-state index is 12.6. The number of aliphatic hydroxyl groups excluding tert-OH is 1. The molecular weight excluding hydrogens is 412 g/mol. The van der Waals surface area contributed by atoms with E-state index in [9.17, 15) is 14.7 Å². The van der Waals surface area contributed by atoms with Crippen LogP contribution in [0.5, 0.6) is 11.5 Å². The lowest BCUT2D eigenvalue weighted by atomic mass is 9.93. The fourth-order valence-corrected chi connectivity index (χ4v) is 3.06. The number of methoxy groups -OCH3 is 1. The number of aliphatic hydroxyl groups is 1. The molecule has 0 amide bonds. The molecule has 0 aliphatic heterocycles. The molecule has 0 radical (unpaired) electrons. The molecule has 1 N–H and O–H groups in total. The predicted molar refractivity (Wildman–Crippen MR) is 119 cm³/mol. The van der Waals surface area contributed by atoms with Crippen molar-refractivity contribution in [1.82, 2.24) is 0 Å². The van der Waals surface area contributed by atoms with Gasteiger partial charge in [0.1, 0.15) is 6.61 Å². The lowest BCUT2D eigenvalue weighted by molar-refractivity contribution is -0.170. The molecule has 0 bridgehead atoms. The van der Waals surface area contributed by atoms with Gasteiger partial charge in [-0.05, 0) is 57.4 Å². The van der Waals surface area contributed by atoms with E-state index in [4.69, 9.17) is 18.9 Å². The van der Waals surface area contributed by atoms with Gasteiger partial charge in [-0.15, -0.1) is 0 Å². The van der Waals surface area contributed by atoms with Crippen LogP contribution in [0.1, 0.15) is 38.8 Å². The van der Waals surface area contributed by atoms with E-state index in [1.807, 2.05) is 30.3 Å². The highest BCUT2D eigenvalue weighted by Crippen LogP contribution is 2.30. The second kappa shape index (κ2) is 12.1. The summed E-state index contributed by atoms with van der Waals surface area (Å²) in [5.41, 5.74) is 1.69. The SMILES string of the molecule is COc1cc(C[C@H](C(=O)OC(C)C)[C@H](O)C(=O)OC(C)C)ccc1OCc1ccccc1. The standard InChI is InChI=1S/C25H32O7/c1-16(2)31-24(27)20(23(26)25(28)32-17(3)4)13-19-11-12-21(22(14-19)29-5)30-15-18-9-7-6-8-10-18/h6-12,14,16-17,20,23,26H,13,15H2,1-5H3/t20-,23-/m0/s1. The van der Waals surface area contributed by atoms with E-state index in [2.05, 4.69) is 0 Å². The maximum Gasteiger partial charge on any atom is 0.336 e. The third kappa shape index (κ3) is 7.57. The molecule has 7 heteroatoms. The molecule has 2 atom stereocenters. The summed E-state index contributed by atoms with van der Waals surface area (Å²) >= 11 is 0. The van der Waals surface area contributed by atoms with E-state index >= 15 is 0 Å². The van der Waals surface area contributed by atoms with Crippen LogP contribution in [0.2, 0.25) is 0 Å². The molecule has 0 aromatic heterocycles. The molecule has 0 heterocycles. The number of hydrogen-bond acceptors (Lipinski definition) is 7. The average molecular weight is 445 g/mol. The molecule has 32 heavy (non-hydrogen) atoms. The quantitative estimate of drug-likeness (QED) is 0.529. The van der Waals surface area contributed by atoms with Crippen LogP contribution in [0.4, 0.5) is 0 Å². The molecule has 2 rings (SSSR count). The van der Waals surface area contributed by atoms with Crippen LogP contribution in [0.3, 0.4) is 0 Å². The first-order valence-electron chi connectivity index (χ1n) is 10.6. The summed E-state index contributed by atoms with van der Waals surface area (Å²) in [6, 6.07) is 14.9. The van der Waals surface area contributed by atoms with Gasteiger partial charge in [-0.25, -0.2) is 4.79 Å². The van der Waals surface area contributed by atoms with Crippen LogP contribution < -0.4 is 9.47 Å². The molecule has 0 saturated heterocycles. The van der Waals surface area contributed by atoms with Gasteiger partial charge in [0.25, 0.3) is 0 Å². The molecule has 0 saturated carbocycles. The van der Waals surface area contributed by atoms with E-state index in [0.717, 1.165) is 5.56 Å². The Bertz CT molecular complexity index is 877. The maximum absolute atomic E-state index is 12.6. The third-order valence-corrected chi connectivity index (χ3v) is 4.55. The van der Waals surface area contributed by atoms with Crippen molar-refractivity contribution in [3.8, 4) is 11.5 Å². The molecule has 0 aliphatic carbocycles. The number of esters is 2. The zero-order chi connectivity index (χ0) is 23.7. The Morgan fingerprint density at radius 1 is 0.844 bits per heavy atom. The van der Waals surface area contributed by atoms with Crippen molar-refractivity contribution in [2.45, 2.75) is 59.0 Å². The highest BCUT2D eigenvalue weighted by atomic mass is 16.6. The van der Waals surface area contributed by atoms with Gasteiger partial charge in [0.05, 0.1) is 25.2 Å². The van der Waals surface area contributed by atoms with Crippen molar-refractivity contribution in [2.24, 2.45) is 5.92 Å². The van der Waals surface area contributed by atoms with Crippen LogP contribution in [-0.4, -0.2) is 42.5 Å². The van der Waals surface area contributed by atoms with Crippen LogP contribution in [0.15, 0.2) is 48.5 Å². The van der Waals surface area contributed by atoms with Crippen molar-refractivity contribution in [3.05, 3.63) is 59.7 Å². The Morgan fingerprint density at radius 2 is 1.47 bits per heavy atom. The molecular formula is C25H32O7. The largest absolute Gasteiger partial charge is 0.493 e. The second-order valence-corrected chi connectivity index (χ2v) is 7.99. The first-order valence-corrected chi connectivity index (χ1v) is 10.6. The summed E-state index contributed by atoms with van der Waals surface area (Å²) < 4.78 is 21.7. The fourth-order valence-electron chi connectivity index (χ4n) is 3.06. The summed E-state index contributed by atoms with van der Waals surface area (Å²) in [5, 5.41) is 10.5. The Kier molecular flexibility index (Phi) is 9.53. The molecule has 2 aromatic carbocycles. The smallest absolute Gasteiger partial charge is 0.336 e. The van der Waals surface area contributed by atoms with Crippen molar-refractivity contribution >= 4 is 11.9 Å². The summed E-state index contributed by atoms with van der Waals surface area (Å²) in [4.78, 5) is 24.9. The summed E-state index contributed by atoms with van der Waals surface area (Å²) in [6.45, 7) is 7.13. The van der Waals surface area contributed by atoms with Crippen LogP contribution >= 0.6 is 0 Å². The monoisotopic (exact) mass is 444 g/mol. The first-order chi connectivity index (χ1) is 15.2. The minimum Gasteiger partial charge on any atom is -0.493 e. The van der Waals surface area contributed by atoms with Crippen molar-refractivity contribution in [1.29, 1.82) is 0 Å². The molecule has 0 aliphatic rings. The second-order valence-electron chi connectivity index (χ2n) is 7.99. The number of carbonyl (C=O) groups excluding carboxylic acids is 2. The van der Waals surface area contributed by atoms with Crippen LogP contribution in [0.25, 0.3) is 0 Å². The van der Waals surface area contributed by atoms with E-state index < -0.39 is 30.1 Å². The zero-order valence-electron chi connectivity index (χ0n) is 19.2. The van der Waals surface area contributed by atoms with Gasteiger partial charge in [0.15, 0.2) is 17.6 Å². The number of rotatable bonds is 11. The summed E-state index contributed by atoms with van der Waals surface area (Å²) in [7, 11) is 1.52. The van der Waals surface area contributed by atoms with Gasteiger partial charge in [0, 0.05) is 0 Å². The molecule has 2 aromatic rings. The minimum absolute atomic E-state index is 0.0647. The zero-order valence-corrected chi connectivity index (χ0v) is 19.2. The van der Waals surface area contributed by atoms with Crippen molar-refractivity contribution in [2.75, 3.05) is 7.11 Å². The molecule has 0 unspecified atom stereocenters. The van der Waals surface area contributed by atoms with Gasteiger partial charge in [-0.3, -0.25) is 4.79 Å². The molecule has 174 valence electrons. The highest BCUT2D eigenvalue weighted by Gasteiger charge is 2.35. The highest BCUT2D eigenvalue weighted by molar-refractivity contribution is 5.84. The number of benzene rings is 2. The van der Waals surface area contributed by atoms with Crippen LogP contribution in [0, 0.1) is 5.92 Å². The van der Waals surface area contributed by atoms with E-state index in [0.29, 0.717) is 23.7 Å². The topological polar surface area (TPSA) is 91.3 Å². The van der Waals surface area contributed by atoms with Gasteiger partial charge in [-0.2, -0.15) is 0 Å². The lowest BCUT2D eigenvalue weighted by Crippen LogP contribution is -2.40. The van der Waals surface area contributed by atoms with Gasteiger partial charge >= 0.3 is 11.9 Å². The Morgan fingerprint density at radius 3 is 2.06 bits per heavy atom. The van der Waals surface area contributed by atoms with E-state index in [-0.39, 0.29) is 12.5 Å².